The molecule has 1 aliphatic heterocycles. The minimum absolute atomic E-state index is 0.279. The van der Waals surface area contributed by atoms with Gasteiger partial charge in [-0.25, -0.2) is 4.98 Å². The number of carbonyl (C=O) groups excluding carboxylic acids is 1. The summed E-state index contributed by atoms with van der Waals surface area (Å²) >= 11 is 3.59. The summed E-state index contributed by atoms with van der Waals surface area (Å²) in [5.74, 6) is 3.13. The Morgan fingerprint density at radius 3 is 2.67 bits per heavy atom. The van der Waals surface area contributed by atoms with Crippen LogP contribution in [-0.4, -0.2) is 54.8 Å². The standard InChI is InChI=1S/C23H27N3O2S2/c1-28-19-9-5-10-20-22(19)24-23(30-20)26-14-12-25(13-15-26)21(27)11-6-16-29-17-18-7-3-2-4-8-18/h2-5,7-10H,6,11-17H2,1H3. The number of fused-ring (bicyclic) bond motifs is 1. The SMILES string of the molecule is COc1cccc2sc(N3CCN(C(=O)CCCSCc4ccccc4)CC3)nc12. The summed E-state index contributed by atoms with van der Waals surface area (Å²) in [6.45, 7) is 3.19. The Morgan fingerprint density at radius 2 is 1.90 bits per heavy atom. The number of thiazole rings is 1. The highest BCUT2D eigenvalue weighted by Gasteiger charge is 2.23. The van der Waals surface area contributed by atoms with Gasteiger partial charge in [-0.15, -0.1) is 0 Å². The van der Waals surface area contributed by atoms with Crippen molar-refractivity contribution in [1.29, 1.82) is 0 Å². The monoisotopic (exact) mass is 441 g/mol. The van der Waals surface area contributed by atoms with Gasteiger partial charge in [-0.05, 0) is 29.9 Å². The maximum absolute atomic E-state index is 12.6. The smallest absolute Gasteiger partial charge is 0.222 e. The van der Waals surface area contributed by atoms with Crippen molar-refractivity contribution in [2.24, 2.45) is 0 Å². The van der Waals surface area contributed by atoms with Crippen molar-refractivity contribution in [2.75, 3.05) is 43.9 Å². The van der Waals surface area contributed by atoms with E-state index in [0.717, 1.165) is 65.2 Å². The maximum Gasteiger partial charge on any atom is 0.222 e. The van der Waals surface area contributed by atoms with Gasteiger partial charge in [0.15, 0.2) is 5.13 Å². The number of benzene rings is 2. The van der Waals surface area contributed by atoms with Crippen LogP contribution >= 0.6 is 23.1 Å². The molecule has 0 saturated carbocycles. The number of hydrogen-bond acceptors (Lipinski definition) is 6. The number of rotatable bonds is 8. The molecule has 5 nitrogen and oxygen atoms in total. The van der Waals surface area contributed by atoms with Crippen LogP contribution in [-0.2, 0) is 10.5 Å². The van der Waals surface area contributed by atoms with Crippen LogP contribution in [0.15, 0.2) is 48.5 Å². The lowest BCUT2D eigenvalue weighted by molar-refractivity contribution is -0.131. The van der Waals surface area contributed by atoms with E-state index in [2.05, 4.69) is 35.2 Å². The van der Waals surface area contributed by atoms with Crippen LogP contribution in [0.2, 0.25) is 0 Å². The van der Waals surface area contributed by atoms with Crippen molar-refractivity contribution >= 4 is 44.4 Å². The van der Waals surface area contributed by atoms with Gasteiger partial charge in [0.05, 0.1) is 11.8 Å². The Bertz CT molecular complexity index is 969. The van der Waals surface area contributed by atoms with Crippen molar-refractivity contribution in [3.05, 3.63) is 54.1 Å². The second kappa shape index (κ2) is 10.2. The van der Waals surface area contributed by atoms with Gasteiger partial charge in [0.1, 0.15) is 11.3 Å². The quantitative estimate of drug-likeness (QED) is 0.476. The van der Waals surface area contributed by atoms with Crippen molar-refractivity contribution in [1.82, 2.24) is 9.88 Å². The summed E-state index contributed by atoms with van der Waals surface area (Å²) in [6.07, 6.45) is 1.58. The Morgan fingerprint density at radius 1 is 1.10 bits per heavy atom. The lowest BCUT2D eigenvalue weighted by Crippen LogP contribution is -2.48. The fourth-order valence-electron chi connectivity index (χ4n) is 3.61. The predicted octanol–water partition coefficient (Wildman–Crippen LogP) is 4.67. The van der Waals surface area contributed by atoms with Gasteiger partial charge in [-0.3, -0.25) is 4.79 Å². The molecule has 1 aliphatic rings. The second-order valence-corrected chi connectivity index (χ2v) is 9.43. The number of amides is 1. The highest BCUT2D eigenvalue weighted by Crippen LogP contribution is 2.34. The fraction of sp³-hybridized carbons (Fsp3) is 0.391. The number of anilines is 1. The summed E-state index contributed by atoms with van der Waals surface area (Å²) in [5, 5.41) is 1.01. The molecule has 4 rings (SSSR count). The highest BCUT2D eigenvalue weighted by atomic mass is 32.2. The molecule has 2 heterocycles. The molecule has 30 heavy (non-hydrogen) atoms. The van der Waals surface area contributed by atoms with Crippen molar-refractivity contribution in [3.8, 4) is 5.75 Å². The summed E-state index contributed by atoms with van der Waals surface area (Å²) in [7, 11) is 1.68. The maximum atomic E-state index is 12.6. The third-order valence-corrected chi connectivity index (χ3v) is 7.48. The first kappa shape index (κ1) is 21.0. The zero-order valence-corrected chi connectivity index (χ0v) is 18.9. The van der Waals surface area contributed by atoms with Crippen LogP contribution < -0.4 is 9.64 Å². The molecule has 2 aromatic carbocycles. The predicted molar refractivity (Wildman–Crippen MR) is 127 cm³/mol. The van der Waals surface area contributed by atoms with Gasteiger partial charge in [-0.2, -0.15) is 11.8 Å². The molecule has 0 atom stereocenters. The van der Waals surface area contributed by atoms with Crippen LogP contribution in [0.5, 0.6) is 5.75 Å². The molecule has 0 spiro atoms. The molecular weight excluding hydrogens is 414 g/mol. The van der Waals surface area contributed by atoms with E-state index in [1.807, 2.05) is 34.9 Å². The first-order valence-electron chi connectivity index (χ1n) is 10.3. The molecule has 0 N–H and O–H groups in total. The number of hydrogen-bond donors (Lipinski definition) is 0. The molecule has 1 fully saturated rings. The average molecular weight is 442 g/mol. The molecule has 0 radical (unpaired) electrons. The third kappa shape index (κ3) is 5.08. The number of methoxy groups -OCH3 is 1. The molecule has 1 aromatic heterocycles. The lowest BCUT2D eigenvalue weighted by Gasteiger charge is -2.34. The van der Waals surface area contributed by atoms with Gasteiger partial charge in [0.2, 0.25) is 5.91 Å². The topological polar surface area (TPSA) is 45.7 Å². The normalized spacial score (nSPS) is 14.3. The average Bonchev–Trinajstić information content (AvgIpc) is 3.24. The summed E-state index contributed by atoms with van der Waals surface area (Å²) in [5.41, 5.74) is 2.27. The number of aromatic nitrogens is 1. The Labute approximate surface area is 186 Å². The van der Waals surface area contributed by atoms with Gasteiger partial charge in [0.25, 0.3) is 0 Å². The molecule has 3 aromatic rings. The van der Waals surface area contributed by atoms with Crippen molar-refractivity contribution in [2.45, 2.75) is 18.6 Å². The Balaban J connectivity index is 1.21. The van der Waals surface area contributed by atoms with Crippen LogP contribution in [0.3, 0.4) is 0 Å². The molecule has 0 bridgehead atoms. The van der Waals surface area contributed by atoms with Crippen molar-refractivity contribution < 1.29 is 9.53 Å². The van der Waals surface area contributed by atoms with Gasteiger partial charge >= 0.3 is 0 Å². The summed E-state index contributed by atoms with van der Waals surface area (Å²) in [4.78, 5) is 21.6. The van der Waals surface area contributed by atoms with Gasteiger partial charge in [0, 0.05) is 38.4 Å². The first-order valence-corrected chi connectivity index (χ1v) is 12.3. The minimum Gasteiger partial charge on any atom is -0.494 e. The Hall–Kier alpha value is -2.25. The molecule has 1 amide bonds. The molecule has 1 saturated heterocycles. The highest BCUT2D eigenvalue weighted by molar-refractivity contribution is 7.98. The van der Waals surface area contributed by atoms with Crippen LogP contribution in [0.25, 0.3) is 10.2 Å². The van der Waals surface area contributed by atoms with E-state index in [1.54, 1.807) is 18.4 Å². The number of thioether (sulfide) groups is 1. The zero-order valence-electron chi connectivity index (χ0n) is 17.3. The van der Waals surface area contributed by atoms with E-state index >= 15 is 0 Å². The lowest BCUT2D eigenvalue weighted by atomic mass is 10.2. The molecule has 0 unspecified atom stereocenters. The molecule has 0 aliphatic carbocycles. The number of carbonyl (C=O) groups is 1. The van der Waals surface area contributed by atoms with E-state index < -0.39 is 0 Å². The summed E-state index contributed by atoms with van der Waals surface area (Å²) in [6, 6.07) is 16.5. The van der Waals surface area contributed by atoms with Crippen molar-refractivity contribution in [3.63, 3.8) is 0 Å². The van der Waals surface area contributed by atoms with Crippen LogP contribution in [0.1, 0.15) is 18.4 Å². The van der Waals surface area contributed by atoms with Gasteiger partial charge in [-0.1, -0.05) is 47.7 Å². The van der Waals surface area contributed by atoms with E-state index in [-0.39, 0.29) is 5.91 Å². The number of ether oxygens (including phenoxy) is 1. The largest absolute Gasteiger partial charge is 0.494 e. The van der Waals surface area contributed by atoms with Crippen LogP contribution in [0.4, 0.5) is 5.13 Å². The second-order valence-electron chi connectivity index (χ2n) is 7.31. The Kier molecular flexibility index (Phi) is 7.12. The number of piperazine rings is 1. The van der Waals surface area contributed by atoms with E-state index in [9.17, 15) is 4.79 Å². The number of nitrogens with zero attached hydrogens (tertiary/aromatic N) is 3. The fourth-order valence-corrected chi connectivity index (χ4v) is 5.56. The minimum atomic E-state index is 0.279. The number of para-hydroxylation sites is 1. The zero-order chi connectivity index (χ0) is 20.8. The molecule has 7 heteroatoms. The first-order chi connectivity index (χ1) is 14.7. The van der Waals surface area contributed by atoms with E-state index in [0.29, 0.717) is 6.42 Å². The van der Waals surface area contributed by atoms with E-state index in [1.165, 1.54) is 5.56 Å². The third-order valence-electron chi connectivity index (χ3n) is 5.28. The molecular formula is C23H27N3O2S2. The van der Waals surface area contributed by atoms with E-state index in [4.69, 9.17) is 9.72 Å². The van der Waals surface area contributed by atoms with Gasteiger partial charge < -0.3 is 14.5 Å². The molecule has 158 valence electrons. The summed E-state index contributed by atoms with van der Waals surface area (Å²) < 4.78 is 6.56. The van der Waals surface area contributed by atoms with Crippen LogP contribution in [0, 0.1) is 0 Å².